The van der Waals surface area contributed by atoms with Gasteiger partial charge in [0.25, 0.3) is 0 Å². The highest BCUT2D eigenvalue weighted by molar-refractivity contribution is 7.89. The van der Waals surface area contributed by atoms with Gasteiger partial charge in [-0.3, -0.25) is 4.79 Å². The van der Waals surface area contributed by atoms with Gasteiger partial charge < -0.3 is 5.32 Å². The predicted molar refractivity (Wildman–Crippen MR) is 80.8 cm³/mol. The number of carbonyl (C=O) groups is 1. The lowest BCUT2D eigenvalue weighted by Crippen LogP contribution is -2.46. The first-order valence-electron chi connectivity index (χ1n) is 7.62. The van der Waals surface area contributed by atoms with Crippen LogP contribution in [-0.4, -0.2) is 44.0 Å². The van der Waals surface area contributed by atoms with Crippen LogP contribution in [0.15, 0.2) is 0 Å². The van der Waals surface area contributed by atoms with Crippen molar-refractivity contribution in [2.24, 2.45) is 11.8 Å². The van der Waals surface area contributed by atoms with E-state index in [1.165, 1.54) is 4.31 Å². The van der Waals surface area contributed by atoms with Gasteiger partial charge in [-0.05, 0) is 31.6 Å². The average Bonchev–Trinajstić information content (AvgIpc) is 2.38. The zero-order valence-electron chi connectivity index (χ0n) is 12.9. The van der Waals surface area contributed by atoms with Crippen molar-refractivity contribution in [3.63, 3.8) is 0 Å². The van der Waals surface area contributed by atoms with E-state index >= 15 is 0 Å². The highest BCUT2D eigenvalue weighted by Gasteiger charge is 2.31. The Labute approximate surface area is 123 Å². The third-order valence-electron chi connectivity index (χ3n) is 3.63. The minimum Gasteiger partial charge on any atom is -0.356 e. The van der Waals surface area contributed by atoms with Crippen molar-refractivity contribution in [1.29, 1.82) is 0 Å². The minimum atomic E-state index is -3.18. The van der Waals surface area contributed by atoms with E-state index in [1.54, 1.807) is 0 Å². The zero-order chi connectivity index (χ0) is 15.2. The summed E-state index contributed by atoms with van der Waals surface area (Å²) in [6.07, 6.45) is 3.12. The van der Waals surface area contributed by atoms with E-state index in [0.29, 0.717) is 32.0 Å². The van der Waals surface area contributed by atoms with Crippen molar-refractivity contribution >= 4 is 15.9 Å². The largest absolute Gasteiger partial charge is 0.356 e. The van der Waals surface area contributed by atoms with Crippen LogP contribution >= 0.6 is 0 Å². The number of piperidine rings is 1. The second-order valence-corrected chi connectivity index (χ2v) is 8.08. The number of nitrogens with one attached hydrogen (secondary N) is 1. The summed E-state index contributed by atoms with van der Waals surface area (Å²) < 4.78 is 25.6. The molecule has 6 heteroatoms. The second-order valence-electron chi connectivity index (χ2n) is 5.99. The van der Waals surface area contributed by atoms with Crippen molar-refractivity contribution in [3.8, 4) is 0 Å². The maximum atomic E-state index is 12.1. The standard InChI is InChI=1S/C14H28N2O3S/c1-4-10-20(18,19)16-9-5-6-13(11-16)14(17)15-8-7-12(2)3/h12-13H,4-11H2,1-3H3,(H,15,17)/t13-/m1/s1. The van der Waals surface area contributed by atoms with Crippen molar-refractivity contribution in [3.05, 3.63) is 0 Å². The van der Waals surface area contributed by atoms with E-state index in [0.717, 1.165) is 19.3 Å². The molecular weight excluding hydrogens is 276 g/mol. The second kappa shape index (κ2) is 7.98. The highest BCUT2D eigenvalue weighted by Crippen LogP contribution is 2.20. The lowest BCUT2D eigenvalue weighted by molar-refractivity contribution is -0.126. The molecule has 0 aromatic carbocycles. The van der Waals surface area contributed by atoms with E-state index in [1.807, 2.05) is 6.92 Å². The number of rotatable bonds is 7. The van der Waals surface area contributed by atoms with Crippen LogP contribution in [0.4, 0.5) is 0 Å². The molecule has 1 fully saturated rings. The van der Waals surface area contributed by atoms with Crippen LogP contribution in [0.2, 0.25) is 0 Å². The molecule has 1 atom stereocenters. The molecule has 0 aromatic heterocycles. The molecule has 20 heavy (non-hydrogen) atoms. The van der Waals surface area contributed by atoms with Crippen LogP contribution < -0.4 is 5.32 Å². The van der Waals surface area contributed by atoms with E-state index in [-0.39, 0.29) is 17.6 Å². The lowest BCUT2D eigenvalue weighted by Gasteiger charge is -2.31. The van der Waals surface area contributed by atoms with Gasteiger partial charge in [0.05, 0.1) is 11.7 Å². The Balaban J connectivity index is 2.50. The Kier molecular flexibility index (Phi) is 6.95. The molecule has 0 aliphatic carbocycles. The fraction of sp³-hybridized carbons (Fsp3) is 0.929. The van der Waals surface area contributed by atoms with Gasteiger partial charge in [-0.2, -0.15) is 0 Å². The van der Waals surface area contributed by atoms with Gasteiger partial charge in [0.15, 0.2) is 0 Å². The number of amides is 1. The number of hydrogen-bond acceptors (Lipinski definition) is 3. The third-order valence-corrected chi connectivity index (χ3v) is 5.67. The highest BCUT2D eigenvalue weighted by atomic mass is 32.2. The molecule has 1 saturated heterocycles. The van der Waals surface area contributed by atoms with Gasteiger partial charge in [0.2, 0.25) is 15.9 Å². The van der Waals surface area contributed by atoms with Gasteiger partial charge in [-0.15, -0.1) is 0 Å². The Bertz CT molecular complexity index is 407. The minimum absolute atomic E-state index is 0.00190. The van der Waals surface area contributed by atoms with Crippen molar-refractivity contribution in [2.45, 2.75) is 46.5 Å². The Hall–Kier alpha value is -0.620. The number of nitrogens with zero attached hydrogens (tertiary/aromatic N) is 1. The van der Waals surface area contributed by atoms with Gasteiger partial charge in [0.1, 0.15) is 0 Å². The summed E-state index contributed by atoms with van der Waals surface area (Å²) >= 11 is 0. The summed E-state index contributed by atoms with van der Waals surface area (Å²) in [6, 6.07) is 0. The molecule has 1 N–H and O–H groups in total. The van der Waals surface area contributed by atoms with Crippen molar-refractivity contribution in [2.75, 3.05) is 25.4 Å². The molecule has 1 rings (SSSR count). The number of carbonyl (C=O) groups excluding carboxylic acids is 1. The predicted octanol–water partition coefficient (Wildman–Crippen LogP) is 1.60. The fourth-order valence-corrected chi connectivity index (χ4v) is 4.01. The Morgan fingerprint density at radius 1 is 1.40 bits per heavy atom. The van der Waals surface area contributed by atoms with Crippen LogP contribution in [0.5, 0.6) is 0 Å². The summed E-state index contributed by atoms with van der Waals surface area (Å²) in [6.45, 7) is 7.66. The summed E-state index contributed by atoms with van der Waals surface area (Å²) in [5.74, 6) is 0.544. The average molecular weight is 304 g/mol. The molecular formula is C14H28N2O3S. The molecule has 1 amide bonds. The molecule has 5 nitrogen and oxygen atoms in total. The molecule has 0 bridgehead atoms. The number of hydrogen-bond donors (Lipinski definition) is 1. The van der Waals surface area contributed by atoms with Crippen LogP contribution in [0.3, 0.4) is 0 Å². The smallest absolute Gasteiger partial charge is 0.224 e. The molecule has 1 aliphatic rings. The molecule has 118 valence electrons. The zero-order valence-corrected chi connectivity index (χ0v) is 13.7. The summed E-state index contributed by atoms with van der Waals surface area (Å²) in [4.78, 5) is 12.1. The van der Waals surface area contributed by atoms with Crippen LogP contribution in [0.25, 0.3) is 0 Å². The van der Waals surface area contributed by atoms with Crippen molar-refractivity contribution < 1.29 is 13.2 Å². The van der Waals surface area contributed by atoms with Crippen molar-refractivity contribution in [1.82, 2.24) is 9.62 Å². The summed E-state index contributed by atoms with van der Waals surface area (Å²) in [7, 11) is -3.18. The third kappa shape index (κ3) is 5.40. The van der Waals surface area contributed by atoms with Gasteiger partial charge in [-0.1, -0.05) is 20.8 Å². The first-order valence-corrected chi connectivity index (χ1v) is 9.23. The maximum Gasteiger partial charge on any atom is 0.224 e. The summed E-state index contributed by atoms with van der Waals surface area (Å²) in [5, 5.41) is 2.93. The molecule has 0 spiro atoms. The molecule has 1 heterocycles. The van der Waals surface area contributed by atoms with E-state index in [2.05, 4.69) is 19.2 Å². The molecule has 1 aliphatic heterocycles. The van der Waals surface area contributed by atoms with E-state index in [4.69, 9.17) is 0 Å². The van der Waals surface area contributed by atoms with E-state index < -0.39 is 10.0 Å². The quantitative estimate of drug-likeness (QED) is 0.777. The maximum absolute atomic E-state index is 12.1. The van der Waals surface area contributed by atoms with Gasteiger partial charge >= 0.3 is 0 Å². The molecule has 0 aromatic rings. The molecule has 0 radical (unpaired) electrons. The normalized spacial score (nSPS) is 21.1. The molecule has 0 unspecified atom stereocenters. The Morgan fingerprint density at radius 2 is 2.10 bits per heavy atom. The summed E-state index contributed by atoms with van der Waals surface area (Å²) in [5.41, 5.74) is 0. The van der Waals surface area contributed by atoms with Crippen LogP contribution in [0.1, 0.15) is 46.5 Å². The Morgan fingerprint density at radius 3 is 2.70 bits per heavy atom. The fourth-order valence-electron chi connectivity index (χ4n) is 2.42. The monoisotopic (exact) mass is 304 g/mol. The molecule has 0 saturated carbocycles. The topological polar surface area (TPSA) is 66.5 Å². The first-order chi connectivity index (χ1) is 9.36. The van der Waals surface area contributed by atoms with Crippen LogP contribution in [0, 0.1) is 11.8 Å². The van der Waals surface area contributed by atoms with E-state index in [9.17, 15) is 13.2 Å². The lowest BCUT2D eigenvalue weighted by atomic mass is 9.98. The SMILES string of the molecule is CCCS(=O)(=O)N1CCC[C@@H](C(=O)NCCC(C)C)C1. The van der Waals surface area contributed by atoms with Gasteiger partial charge in [0, 0.05) is 19.6 Å². The number of sulfonamides is 1. The van der Waals surface area contributed by atoms with Crippen LogP contribution in [-0.2, 0) is 14.8 Å². The first kappa shape index (κ1) is 17.4. The van der Waals surface area contributed by atoms with Gasteiger partial charge in [-0.25, -0.2) is 12.7 Å².